The third-order valence-electron chi connectivity index (χ3n) is 5.08. The van der Waals surface area contributed by atoms with E-state index >= 15 is 0 Å². The molecule has 5 nitrogen and oxygen atoms in total. The number of urea groups is 1. The Kier molecular flexibility index (Phi) is 9.10. The van der Waals surface area contributed by atoms with Gasteiger partial charge in [-0.15, -0.1) is 17.9 Å². The fraction of sp³-hybridized carbons (Fsp3) is 0.200. The summed E-state index contributed by atoms with van der Waals surface area (Å²) in [6, 6.07) is 12.3. The third-order valence-corrected chi connectivity index (χ3v) is 6.82. The summed E-state index contributed by atoms with van der Waals surface area (Å²) < 4.78 is 13.4. The second kappa shape index (κ2) is 12.0. The highest BCUT2D eigenvalue weighted by Gasteiger charge is 2.22. The average Bonchev–Trinajstić information content (AvgIpc) is 3.21. The van der Waals surface area contributed by atoms with Gasteiger partial charge in [0.15, 0.2) is 0 Å². The van der Waals surface area contributed by atoms with Crippen molar-refractivity contribution >= 4 is 52.2 Å². The third kappa shape index (κ3) is 7.06. The number of carbonyl (C=O) groups excluding carboxylic acids is 2. The van der Waals surface area contributed by atoms with Crippen LogP contribution in [0.1, 0.15) is 16.0 Å². The van der Waals surface area contributed by atoms with Crippen LogP contribution < -0.4 is 5.32 Å². The molecule has 1 aromatic heterocycles. The van der Waals surface area contributed by atoms with Crippen LogP contribution >= 0.6 is 34.5 Å². The van der Waals surface area contributed by atoms with Gasteiger partial charge in [-0.1, -0.05) is 41.4 Å². The van der Waals surface area contributed by atoms with Gasteiger partial charge < -0.3 is 15.1 Å². The minimum absolute atomic E-state index is 0.162. The zero-order valence-corrected chi connectivity index (χ0v) is 20.9. The number of hydrogen-bond donors (Lipinski definition) is 1. The van der Waals surface area contributed by atoms with E-state index in [1.54, 1.807) is 46.6 Å². The summed E-state index contributed by atoms with van der Waals surface area (Å²) >= 11 is 13.5. The lowest BCUT2D eigenvalue weighted by Gasteiger charge is -2.27. The molecule has 3 aromatic rings. The second-order valence-electron chi connectivity index (χ2n) is 7.63. The van der Waals surface area contributed by atoms with Crippen molar-refractivity contribution in [1.82, 2.24) is 9.80 Å². The fourth-order valence-electron chi connectivity index (χ4n) is 3.20. The van der Waals surface area contributed by atoms with Crippen LogP contribution in [0.5, 0.6) is 0 Å². The predicted molar refractivity (Wildman–Crippen MR) is 137 cm³/mol. The molecule has 0 saturated heterocycles. The summed E-state index contributed by atoms with van der Waals surface area (Å²) in [5.74, 6) is -0.588. The summed E-state index contributed by atoms with van der Waals surface area (Å²) in [7, 11) is 0. The number of amides is 3. The van der Waals surface area contributed by atoms with E-state index in [1.807, 2.05) is 18.4 Å². The van der Waals surface area contributed by atoms with Gasteiger partial charge in [-0.3, -0.25) is 4.79 Å². The second-order valence-corrected chi connectivity index (χ2v) is 9.45. The first kappa shape index (κ1) is 25.7. The van der Waals surface area contributed by atoms with E-state index in [1.165, 1.54) is 23.1 Å². The molecule has 0 radical (unpaired) electrons. The molecule has 3 rings (SSSR count). The number of carbonyl (C=O) groups is 2. The molecule has 0 fully saturated rings. The van der Waals surface area contributed by atoms with E-state index in [0.29, 0.717) is 22.3 Å². The Hall–Kier alpha value is -2.87. The number of nitrogens with one attached hydrogen (secondary N) is 1. The molecule has 0 saturated carbocycles. The maximum absolute atomic E-state index is 13.4. The maximum Gasteiger partial charge on any atom is 0.322 e. The largest absolute Gasteiger partial charge is 0.332 e. The molecule has 0 aliphatic rings. The van der Waals surface area contributed by atoms with Gasteiger partial charge in [-0.05, 0) is 59.8 Å². The first-order chi connectivity index (χ1) is 16.3. The molecule has 3 amide bonds. The topological polar surface area (TPSA) is 52.7 Å². The van der Waals surface area contributed by atoms with Crippen molar-refractivity contribution in [3.05, 3.63) is 98.4 Å². The molecular weight excluding hydrogens is 496 g/mol. The van der Waals surface area contributed by atoms with E-state index < -0.39 is 6.03 Å². The van der Waals surface area contributed by atoms with Crippen LogP contribution in [0.2, 0.25) is 10.0 Å². The van der Waals surface area contributed by atoms with E-state index in [2.05, 4.69) is 11.9 Å². The van der Waals surface area contributed by atoms with Gasteiger partial charge in [0.05, 0.1) is 16.6 Å². The Bertz CT molecular complexity index is 1170. The molecular formula is C25H24Cl2FN3O2S. The fourth-order valence-corrected chi connectivity index (χ4v) is 4.42. The molecule has 0 aliphatic carbocycles. The smallest absolute Gasteiger partial charge is 0.322 e. The Morgan fingerprint density at radius 2 is 1.79 bits per heavy atom. The number of anilines is 1. The molecule has 34 heavy (non-hydrogen) atoms. The minimum Gasteiger partial charge on any atom is -0.332 e. The quantitative estimate of drug-likeness (QED) is 0.318. The molecule has 0 atom stereocenters. The van der Waals surface area contributed by atoms with Crippen molar-refractivity contribution in [2.75, 3.05) is 18.4 Å². The molecule has 2 aromatic carbocycles. The van der Waals surface area contributed by atoms with Crippen LogP contribution in [0.3, 0.4) is 0 Å². The van der Waals surface area contributed by atoms with Crippen LogP contribution in [0.25, 0.3) is 0 Å². The SMILES string of the molecule is C=CCN(CC(=O)N(Cc1ccc(F)cc1)Cc1sccc1C)C(=O)Nc1ccc(Cl)c(Cl)c1. The predicted octanol–water partition coefficient (Wildman–Crippen LogP) is 6.75. The monoisotopic (exact) mass is 519 g/mol. The zero-order valence-electron chi connectivity index (χ0n) is 18.6. The first-order valence-corrected chi connectivity index (χ1v) is 12.1. The maximum atomic E-state index is 13.4. The van der Waals surface area contributed by atoms with Gasteiger partial charge in [0, 0.05) is 23.7 Å². The highest BCUT2D eigenvalue weighted by Crippen LogP contribution is 2.25. The van der Waals surface area contributed by atoms with Gasteiger partial charge in [0.2, 0.25) is 5.91 Å². The lowest BCUT2D eigenvalue weighted by atomic mass is 10.2. The van der Waals surface area contributed by atoms with Crippen molar-refractivity contribution in [2.45, 2.75) is 20.0 Å². The van der Waals surface area contributed by atoms with Crippen molar-refractivity contribution in [3.8, 4) is 0 Å². The number of hydrogen-bond acceptors (Lipinski definition) is 3. The summed E-state index contributed by atoms with van der Waals surface area (Å²) in [5.41, 5.74) is 2.33. The van der Waals surface area contributed by atoms with Crippen LogP contribution in [0, 0.1) is 12.7 Å². The van der Waals surface area contributed by atoms with Crippen LogP contribution in [0.4, 0.5) is 14.9 Å². The van der Waals surface area contributed by atoms with Crippen molar-refractivity contribution in [1.29, 1.82) is 0 Å². The standard InChI is InChI=1S/C25H24Cl2FN3O2S/c1-3-11-30(25(33)29-20-8-9-21(26)22(27)13-20)16-24(32)31(15-23-17(2)10-12-34-23)14-18-4-6-19(28)7-5-18/h3-10,12-13H,1,11,14-16H2,2H3,(H,29,33). The van der Waals surface area contributed by atoms with Gasteiger partial charge in [-0.25, -0.2) is 9.18 Å². The van der Waals surface area contributed by atoms with E-state index in [4.69, 9.17) is 23.2 Å². The number of benzene rings is 2. The Morgan fingerprint density at radius 1 is 1.06 bits per heavy atom. The van der Waals surface area contributed by atoms with Crippen molar-refractivity contribution in [3.63, 3.8) is 0 Å². The van der Waals surface area contributed by atoms with E-state index in [9.17, 15) is 14.0 Å². The summed E-state index contributed by atoms with van der Waals surface area (Å²) in [6.45, 7) is 6.36. The van der Waals surface area contributed by atoms with Crippen molar-refractivity contribution in [2.24, 2.45) is 0 Å². The molecule has 178 valence electrons. The first-order valence-electron chi connectivity index (χ1n) is 10.4. The molecule has 0 bridgehead atoms. The van der Waals surface area contributed by atoms with Gasteiger partial charge >= 0.3 is 6.03 Å². The Morgan fingerprint density at radius 3 is 2.41 bits per heavy atom. The van der Waals surface area contributed by atoms with E-state index in [0.717, 1.165) is 16.0 Å². The van der Waals surface area contributed by atoms with Crippen LogP contribution in [-0.4, -0.2) is 34.8 Å². The number of halogens is 3. The van der Waals surface area contributed by atoms with Crippen LogP contribution in [-0.2, 0) is 17.9 Å². The van der Waals surface area contributed by atoms with Crippen molar-refractivity contribution < 1.29 is 14.0 Å². The molecule has 9 heteroatoms. The summed E-state index contributed by atoms with van der Waals surface area (Å²) in [6.07, 6.45) is 1.55. The van der Waals surface area contributed by atoms with Gasteiger partial charge in [-0.2, -0.15) is 0 Å². The number of nitrogens with zero attached hydrogens (tertiary/aromatic N) is 2. The van der Waals surface area contributed by atoms with Crippen LogP contribution in [0.15, 0.2) is 66.6 Å². The highest BCUT2D eigenvalue weighted by atomic mass is 35.5. The number of thiophene rings is 1. The summed E-state index contributed by atoms with van der Waals surface area (Å²) in [5, 5.41) is 5.39. The number of rotatable bonds is 9. The zero-order chi connectivity index (χ0) is 24.7. The number of aryl methyl sites for hydroxylation is 1. The molecule has 0 spiro atoms. The van der Waals surface area contributed by atoms with Gasteiger partial charge in [0.1, 0.15) is 12.4 Å². The lowest BCUT2D eigenvalue weighted by molar-refractivity contribution is -0.132. The van der Waals surface area contributed by atoms with Gasteiger partial charge in [0.25, 0.3) is 0 Å². The minimum atomic E-state index is -0.472. The Labute approximate surface area is 212 Å². The summed E-state index contributed by atoms with van der Waals surface area (Å²) in [4.78, 5) is 30.3. The lowest BCUT2D eigenvalue weighted by Crippen LogP contribution is -2.44. The molecule has 0 unspecified atom stereocenters. The average molecular weight is 520 g/mol. The molecule has 1 heterocycles. The Balaban J connectivity index is 1.77. The highest BCUT2D eigenvalue weighted by molar-refractivity contribution is 7.10. The normalized spacial score (nSPS) is 10.6. The van der Waals surface area contributed by atoms with E-state index in [-0.39, 0.29) is 31.4 Å². The molecule has 0 aliphatic heterocycles. The molecule has 1 N–H and O–H groups in total.